The van der Waals surface area contributed by atoms with E-state index in [0.29, 0.717) is 16.0 Å². The van der Waals surface area contributed by atoms with Gasteiger partial charge in [-0.15, -0.1) is 0 Å². The lowest BCUT2D eigenvalue weighted by atomic mass is 10.2. The summed E-state index contributed by atoms with van der Waals surface area (Å²) in [5, 5.41) is 0.657. The van der Waals surface area contributed by atoms with Crippen LogP contribution < -0.4 is 0 Å². The topological polar surface area (TPSA) is 30.0 Å². The molecule has 0 aliphatic carbocycles. The van der Waals surface area contributed by atoms with Crippen molar-refractivity contribution < 1.29 is 4.79 Å². The molecular formula is C8H9BrClNO. The predicted octanol–water partition coefficient (Wildman–Crippen LogP) is 2.95. The van der Waals surface area contributed by atoms with Crippen LogP contribution in [0.15, 0.2) is 18.3 Å². The molecule has 0 aliphatic rings. The highest BCUT2D eigenvalue weighted by molar-refractivity contribution is 9.09. The fourth-order valence-corrected chi connectivity index (χ4v) is 1.15. The Morgan fingerprint density at radius 1 is 1.67 bits per heavy atom. The monoisotopic (exact) mass is 249 g/mol. The first kappa shape index (κ1) is 11.6. The Kier molecular flexibility index (Phi) is 5.09. The van der Waals surface area contributed by atoms with E-state index in [1.807, 2.05) is 0 Å². The molecule has 0 bridgehead atoms. The van der Waals surface area contributed by atoms with E-state index in [4.69, 9.17) is 11.6 Å². The Bertz CT molecular complexity index is 278. The van der Waals surface area contributed by atoms with Crippen molar-refractivity contribution >= 4 is 33.3 Å². The van der Waals surface area contributed by atoms with Crippen LogP contribution in [0.3, 0.4) is 0 Å². The van der Waals surface area contributed by atoms with Crippen LogP contribution in [0.25, 0.3) is 0 Å². The molecule has 0 radical (unpaired) electrons. The number of carbonyl (C=O) groups excluding carboxylic acids is 1. The zero-order chi connectivity index (χ0) is 8.27. The number of alkyl halides is 1. The maximum Gasteiger partial charge on any atom is 0.173 e. The lowest BCUT2D eigenvalue weighted by Gasteiger charge is -1.95. The second-order valence-corrected chi connectivity index (χ2v) is 2.87. The average molecular weight is 251 g/mol. The van der Waals surface area contributed by atoms with E-state index in [1.54, 1.807) is 12.1 Å². The largest absolute Gasteiger partial charge is 0.293 e. The molecule has 0 aliphatic heterocycles. The van der Waals surface area contributed by atoms with Crippen LogP contribution >= 0.6 is 27.5 Å². The van der Waals surface area contributed by atoms with E-state index in [2.05, 4.69) is 20.9 Å². The number of aromatic nitrogens is 1. The Labute approximate surface area is 85.1 Å². The molecule has 12 heavy (non-hydrogen) atoms. The minimum atomic E-state index is 0. The molecule has 1 rings (SSSR count). The molecular weight excluding hydrogens is 241 g/mol. The van der Waals surface area contributed by atoms with Crippen LogP contribution in [0, 0.1) is 0 Å². The lowest BCUT2D eigenvalue weighted by Crippen LogP contribution is -1.99. The predicted molar refractivity (Wildman–Crippen MR) is 54.1 cm³/mol. The van der Waals surface area contributed by atoms with Gasteiger partial charge in [-0.25, -0.2) is 4.98 Å². The maximum absolute atomic E-state index is 11.0. The molecule has 0 fully saturated rings. The van der Waals surface area contributed by atoms with Crippen molar-refractivity contribution in [1.29, 1.82) is 0 Å². The second kappa shape index (κ2) is 5.27. The average Bonchev–Trinajstić information content (AvgIpc) is 2.03. The van der Waals surface area contributed by atoms with Gasteiger partial charge in [-0.05, 0) is 12.1 Å². The third kappa shape index (κ3) is 2.91. The SMILES string of the molecule is C.O=C(CBr)c1ccnc(Cl)c1. The van der Waals surface area contributed by atoms with Gasteiger partial charge in [-0.3, -0.25) is 4.79 Å². The molecule has 0 amide bonds. The van der Waals surface area contributed by atoms with Gasteiger partial charge >= 0.3 is 0 Å². The Balaban J connectivity index is 0.00000121. The number of carbonyl (C=O) groups is 1. The summed E-state index contributed by atoms with van der Waals surface area (Å²) in [6.45, 7) is 0. The summed E-state index contributed by atoms with van der Waals surface area (Å²) in [5.74, 6) is 0.00861. The number of Topliss-reactive ketones (excluding diaryl/α,β-unsaturated/α-hetero) is 1. The van der Waals surface area contributed by atoms with Crippen LogP contribution in [0.5, 0.6) is 0 Å². The second-order valence-electron chi connectivity index (χ2n) is 1.92. The summed E-state index contributed by atoms with van der Waals surface area (Å²) >= 11 is 8.63. The molecule has 0 unspecified atom stereocenters. The van der Waals surface area contributed by atoms with Crippen LogP contribution in [-0.2, 0) is 0 Å². The summed E-state index contributed by atoms with van der Waals surface area (Å²) in [4.78, 5) is 14.8. The Morgan fingerprint density at radius 2 is 2.33 bits per heavy atom. The van der Waals surface area contributed by atoms with Gasteiger partial charge in [0, 0.05) is 11.8 Å². The molecule has 0 saturated carbocycles. The molecule has 2 nitrogen and oxygen atoms in total. The summed E-state index contributed by atoms with van der Waals surface area (Å²) in [6, 6.07) is 3.18. The highest BCUT2D eigenvalue weighted by Gasteiger charge is 2.03. The number of ketones is 1. The van der Waals surface area contributed by atoms with E-state index in [-0.39, 0.29) is 13.2 Å². The number of halogens is 2. The molecule has 0 saturated heterocycles. The molecule has 0 spiro atoms. The number of hydrogen-bond donors (Lipinski definition) is 0. The van der Waals surface area contributed by atoms with Gasteiger partial charge in [-0.2, -0.15) is 0 Å². The minimum Gasteiger partial charge on any atom is -0.293 e. The highest BCUT2D eigenvalue weighted by Crippen LogP contribution is 2.08. The van der Waals surface area contributed by atoms with E-state index < -0.39 is 0 Å². The summed E-state index contributed by atoms with van der Waals surface area (Å²) in [5.41, 5.74) is 0.585. The van der Waals surface area contributed by atoms with E-state index in [9.17, 15) is 4.79 Å². The fourth-order valence-electron chi connectivity index (χ4n) is 0.653. The number of nitrogens with zero attached hydrogens (tertiary/aromatic N) is 1. The van der Waals surface area contributed by atoms with Crippen LogP contribution in [0.4, 0.5) is 0 Å². The quantitative estimate of drug-likeness (QED) is 0.459. The Hall–Kier alpha value is -0.410. The first-order valence-corrected chi connectivity index (χ1v) is 4.44. The van der Waals surface area contributed by atoms with Crippen molar-refractivity contribution in [2.24, 2.45) is 0 Å². The van der Waals surface area contributed by atoms with Crippen molar-refractivity contribution in [3.63, 3.8) is 0 Å². The summed E-state index contributed by atoms with van der Waals surface area (Å²) in [6.07, 6.45) is 1.51. The van der Waals surface area contributed by atoms with Crippen molar-refractivity contribution in [3.8, 4) is 0 Å². The van der Waals surface area contributed by atoms with Gasteiger partial charge in [-0.1, -0.05) is 35.0 Å². The zero-order valence-electron chi connectivity index (χ0n) is 5.55. The smallest absolute Gasteiger partial charge is 0.173 e. The van der Waals surface area contributed by atoms with E-state index in [0.717, 1.165) is 0 Å². The molecule has 1 aromatic heterocycles. The molecule has 1 heterocycles. The molecule has 1 aromatic rings. The highest BCUT2D eigenvalue weighted by atomic mass is 79.9. The molecule has 66 valence electrons. The van der Waals surface area contributed by atoms with Crippen molar-refractivity contribution in [2.45, 2.75) is 7.43 Å². The fraction of sp³-hybridized carbons (Fsp3) is 0.250. The van der Waals surface area contributed by atoms with Gasteiger partial charge in [0.25, 0.3) is 0 Å². The van der Waals surface area contributed by atoms with Gasteiger partial charge < -0.3 is 0 Å². The maximum atomic E-state index is 11.0. The molecule has 0 N–H and O–H groups in total. The van der Waals surface area contributed by atoms with Crippen LogP contribution in [-0.4, -0.2) is 16.1 Å². The van der Waals surface area contributed by atoms with Gasteiger partial charge in [0.15, 0.2) is 5.78 Å². The number of pyridine rings is 1. The van der Waals surface area contributed by atoms with E-state index >= 15 is 0 Å². The van der Waals surface area contributed by atoms with Crippen LogP contribution in [0.2, 0.25) is 5.15 Å². The van der Waals surface area contributed by atoms with Crippen LogP contribution in [0.1, 0.15) is 17.8 Å². The van der Waals surface area contributed by atoms with E-state index in [1.165, 1.54) is 6.20 Å². The van der Waals surface area contributed by atoms with Gasteiger partial charge in [0.05, 0.1) is 5.33 Å². The zero-order valence-corrected chi connectivity index (χ0v) is 7.89. The third-order valence-electron chi connectivity index (χ3n) is 1.17. The molecule has 0 aromatic carbocycles. The van der Waals surface area contributed by atoms with Crippen molar-refractivity contribution in [1.82, 2.24) is 4.98 Å². The lowest BCUT2D eigenvalue weighted by molar-refractivity contribution is 0.102. The van der Waals surface area contributed by atoms with Crippen molar-refractivity contribution in [3.05, 3.63) is 29.0 Å². The standard InChI is InChI=1S/C7H5BrClNO.CH4/c8-4-6(11)5-1-2-10-7(9)3-5;/h1-3H,4H2;1H4. The minimum absolute atomic E-state index is 0. The van der Waals surface area contributed by atoms with Gasteiger partial charge in [0.1, 0.15) is 5.15 Å². The normalized spacial score (nSPS) is 8.83. The molecule has 4 heteroatoms. The summed E-state index contributed by atoms with van der Waals surface area (Å²) in [7, 11) is 0. The van der Waals surface area contributed by atoms with Gasteiger partial charge in [0.2, 0.25) is 0 Å². The first-order valence-electron chi connectivity index (χ1n) is 2.95. The first-order chi connectivity index (χ1) is 5.24. The van der Waals surface area contributed by atoms with Crippen molar-refractivity contribution in [2.75, 3.05) is 5.33 Å². The third-order valence-corrected chi connectivity index (χ3v) is 1.89. The molecule has 0 atom stereocenters. The summed E-state index contributed by atoms with van der Waals surface area (Å²) < 4.78 is 0. The number of hydrogen-bond acceptors (Lipinski definition) is 2. The number of rotatable bonds is 2. The Morgan fingerprint density at radius 3 is 2.83 bits per heavy atom.